The second kappa shape index (κ2) is 9.25. The van der Waals surface area contributed by atoms with Gasteiger partial charge in [-0.15, -0.1) is 11.8 Å². The number of aromatic nitrogens is 1. The van der Waals surface area contributed by atoms with Crippen LogP contribution in [0.5, 0.6) is 0 Å². The third-order valence-electron chi connectivity index (χ3n) is 3.63. The van der Waals surface area contributed by atoms with Crippen LogP contribution in [-0.2, 0) is 4.79 Å². The number of para-hydroxylation sites is 1. The summed E-state index contributed by atoms with van der Waals surface area (Å²) in [5.74, 6) is -0.778. The summed E-state index contributed by atoms with van der Waals surface area (Å²) in [6, 6.07) is 8.19. The van der Waals surface area contributed by atoms with Gasteiger partial charge in [0, 0.05) is 10.6 Å². The molecular formula is C18H19N3O2S3. The van der Waals surface area contributed by atoms with Crippen LogP contribution < -0.4 is 4.72 Å². The maximum Gasteiger partial charge on any atom is 0.304 e. The monoisotopic (exact) mass is 405 g/mol. The van der Waals surface area contributed by atoms with Crippen LogP contribution in [-0.4, -0.2) is 38.0 Å². The zero-order valence-corrected chi connectivity index (χ0v) is 16.4. The van der Waals surface area contributed by atoms with E-state index in [2.05, 4.69) is 33.4 Å². The van der Waals surface area contributed by atoms with Crippen molar-refractivity contribution in [3.05, 3.63) is 54.1 Å². The highest BCUT2D eigenvalue weighted by Crippen LogP contribution is 2.32. The van der Waals surface area contributed by atoms with Crippen molar-refractivity contribution in [2.75, 3.05) is 16.4 Å². The minimum absolute atomic E-state index is 0.0164. The van der Waals surface area contributed by atoms with Gasteiger partial charge in [0.15, 0.2) is 0 Å². The zero-order chi connectivity index (χ0) is 18.4. The summed E-state index contributed by atoms with van der Waals surface area (Å²) in [5.41, 5.74) is 3.00. The Labute approximate surface area is 164 Å². The SMILES string of the molecule is C=C/C=C\SCSNc1cccc2cc(C3=NCC(CC(=O)O)S3)[nH]c12. The van der Waals surface area contributed by atoms with Crippen LogP contribution in [0.15, 0.2) is 53.4 Å². The molecule has 8 heteroatoms. The van der Waals surface area contributed by atoms with Crippen LogP contribution in [0.2, 0.25) is 0 Å². The lowest BCUT2D eigenvalue weighted by Crippen LogP contribution is -2.10. The van der Waals surface area contributed by atoms with E-state index in [4.69, 9.17) is 5.11 Å². The number of rotatable bonds is 9. The van der Waals surface area contributed by atoms with Gasteiger partial charge in [0.25, 0.3) is 0 Å². The number of aromatic amines is 1. The number of nitrogens with zero attached hydrogens (tertiary/aromatic N) is 1. The molecule has 2 aromatic rings. The molecule has 0 saturated carbocycles. The van der Waals surface area contributed by atoms with Gasteiger partial charge < -0.3 is 14.8 Å². The highest BCUT2D eigenvalue weighted by atomic mass is 32.2. The Morgan fingerprint density at radius 1 is 1.54 bits per heavy atom. The molecule has 0 amide bonds. The molecule has 5 nitrogen and oxygen atoms in total. The molecule has 1 aromatic heterocycles. The van der Waals surface area contributed by atoms with Crippen molar-refractivity contribution in [2.45, 2.75) is 11.7 Å². The highest BCUT2D eigenvalue weighted by Gasteiger charge is 2.24. The molecule has 1 unspecified atom stereocenters. The minimum Gasteiger partial charge on any atom is -0.481 e. The van der Waals surface area contributed by atoms with Gasteiger partial charge in [-0.2, -0.15) is 0 Å². The van der Waals surface area contributed by atoms with Gasteiger partial charge in [-0.25, -0.2) is 0 Å². The van der Waals surface area contributed by atoms with Gasteiger partial charge in [0.2, 0.25) is 0 Å². The van der Waals surface area contributed by atoms with Crippen molar-refractivity contribution < 1.29 is 9.90 Å². The number of hydrogen-bond donors (Lipinski definition) is 3. The van der Waals surface area contributed by atoms with E-state index in [1.807, 2.05) is 23.6 Å². The average molecular weight is 406 g/mol. The van der Waals surface area contributed by atoms with Gasteiger partial charge in [-0.05, 0) is 29.5 Å². The molecule has 26 heavy (non-hydrogen) atoms. The molecule has 0 radical (unpaired) electrons. The van der Waals surface area contributed by atoms with Gasteiger partial charge in [-0.1, -0.05) is 42.6 Å². The number of H-pyrrole nitrogens is 1. The first kappa shape index (κ1) is 19.0. The van der Waals surface area contributed by atoms with Crippen molar-refractivity contribution in [3.63, 3.8) is 0 Å². The van der Waals surface area contributed by atoms with Crippen LogP contribution in [0.4, 0.5) is 5.69 Å². The summed E-state index contributed by atoms with van der Waals surface area (Å²) in [6.07, 6.45) is 3.82. The summed E-state index contributed by atoms with van der Waals surface area (Å²) in [6.45, 7) is 4.20. The Hall–Kier alpha value is -1.77. The molecule has 3 rings (SSSR count). The molecule has 0 bridgehead atoms. The molecule has 1 aromatic carbocycles. The predicted octanol–water partition coefficient (Wildman–Crippen LogP) is 4.96. The van der Waals surface area contributed by atoms with Crippen molar-refractivity contribution in [1.29, 1.82) is 0 Å². The lowest BCUT2D eigenvalue weighted by molar-refractivity contribution is -0.136. The maximum absolute atomic E-state index is 10.9. The highest BCUT2D eigenvalue weighted by molar-refractivity contribution is 8.17. The first-order valence-corrected chi connectivity index (χ1v) is 10.9. The number of thioether (sulfide) groups is 2. The summed E-state index contributed by atoms with van der Waals surface area (Å²) < 4.78 is 3.38. The number of aliphatic imine (C=N–C) groups is 1. The second-order valence-electron chi connectivity index (χ2n) is 5.53. The number of hydrogen-bond acceptors (Lipinski definition) is 6. The number of carbonyl (C=O) groups is 1. The smallest absolute Gasteiger partial charge is 0.304 e. The number of benzene rings is 1. The van der Waals surface area contributed by atoms with Gasteiger partial charge in [0.1, 0.15) is 5.04 Å². The van der Waals surface area contributed by atoms with Crippen LogP contribution in [0, 0.1) is 0 Å². The average Bonchev–Trinajstić information content (AvgIpc) is 3.24. The number of allylic oxidation sites excluding steroid dienone is 2. The lowest BCUT2D eigenvalue weighted by Gasteiger charge is -2.05. The number of aliphatic carboxylic acids is 1. The summed E-state index contributed by atoms with van der Waals surface area (Å²) in [7, 11) is 0. The second-order valence-corrected chi connectivity index (χ2v) is 8.86. The first-order chi connectivity index (χ1) is 12.7. The van der Waals surface area contributed by atoms with Crippen LogP contribution >= 0.6 is 35.5 Å². The lowest BCUT2D eigenvalue weighted by atomic mass is 10.2. The van der Waals surface area contributed by atoms with E-state index < -0.39 is 5.97 Å². The topological polar surface area (TPSA) is 77.5 Å². The van der Waals surface area contributed by atoms with Crippen molar-refractivity contribution in [1.82, 2.24) is 4.98 Å². The number of nitrogens with one attached hydrogen (secondary N) is 2. The molecule has 0 fully saturated rings. The van der Waals surface area contributed by atoms with Crippen molar-refractivity contribution in [3.8, 4) is 0 Å². The molecule has 0 saturated heterocycles. The first-order valence-electron chi connectivity index (χ1n) is 7.99. The maximum atomic E-state index is 10.9. The van der Waals surface area contributed by atoms with Gasteiger partial charge >= 0.3 is 5.97 Å². The normalized spacial score (nSPS) is 16.9. The predicted molar refractivity (Wildman–Crippen MR) is 116 cm³/mol. The summed E-state index contributed by atoms with van der Waals surface area (Å²) in [5, 5.41) is 13.8. The Bertz CT molecular complexity index is 860. The number of anilines is 1. The van der Waals surface area contributed by atoms with E-state index in [9.17, 15) is 4.79 Å². The van der Waals surface area contributed by atoms with E-state index >= 15 is 0 Å². The molecule has 0 aliphatic carbocycles. The van der Waals surface area contributed by atoms with E-state index in [-0.39, 0.29) is 11.7 Å². The summed E-state index contributed by atoms with van der Waals surface area (Å²) >= 11 is 4.86. The molecule has 1 aliphatic heterocycles. The van der Waals surface area contributed by atoms with Crippen molar-refractivity contribution in [2.24, 2.45) is 4.99 Å². The molecule has 2 heterocycles. The fourth-order valence-electron chi connectivity index (χ4n) is 2.51. The molecule has 1 aliphatic rings. The number of carboxylic acids is 1. The third-order valence-corrected chi connectivity index (χ3v) is 6.58. The molecule has 0 spiro atoms. The largest absolute Gasteiger partial charge is 0.481 e. The fraction of sp³-hybridized carbons (Fsp3) is 0.222. The van der Waals surface area contributed by atoms with E-state index in [0.717, 1.165) is 32.4 Å². The van der Waals surface area contributed by atoms with Crippen LogP contribution in [0.25, 0.3) is 10.9 Å². The molecule has 3 N–H and O–H groups in total. The third kappa shape index (κ3) is 4.90. The van der Waals surface area contributed by atoms with E-state index in [1.165, 1.54) is 11.8 Å². The minimum atomic E-state index is -0.778. The van der Waals surface area contributed by atoms with Crippen LogP contribution in [0.3, 0.4) is 0 Å². The Morgan fingerprint density at radius 2 is 2.42 bits per heavy atom. The molecule has 136 valence electrons. The standard InChI is InChI=1S/C18H19N3O2S3/c1-2-3-7-24-11-25-21-14-6-4-5-12-8-15(20-17(12)14)18-19-10-13(26-18)9-16(22)23/h2-8,13,20-21H,1,9-11H2,(H,22,23)/b7-3-. The Balaban J connectivity index is 1.66. The summed E-state index contributed by atoms with van der Waals surface area (Å²) in [4.78, 5) is 18.8. The van der Waals surface area contributed by atoms with E-state index in [0.29, 0.717) is 6.54 Å². The van der Waals surface area contributed by atoms with Crippen LogP contribution in [0.1, 0.15) is 12.1 Å². The number of fused-ring (bicyclic) bond motifs is 1. The van der Waals surface area contributed by atoms with Gasteiger partial charge in [-0.3, -0.25) is 9.79 Å². The molecule has 1 atom stereocenters. The molecular weight excluding hydrogens is 386 g/mol. The Morgan fingerprint density at radius 3 is 3.23 bits per heavy atom. The Kier molecular flexibility index (Phi) is 6.76. The van der Waals surface area contributed by atoms with E-state index in [1.54, 1.807) is 29.8 Å². The fourth-order valence-corrected chi connectivity index (χ4v) is 4.96. The zero-order valence-electron chi connectivity index (χ0n) is 14.0. The van der Waals surface area contributed by atoms with Crippen molar-refractivity contribution >= 4 is 63.1 Å². The number of carboxylic acid groups (broad SMARTS) is 1. The van der Waals surface area contributed by atoms with Gasteiger partial charge in [0.05, 0.1) is 34.9 Å². The quantitative estimate of drug-likeness (QED) is 0.237.